The molecule has 1 aromatic carbocycles. The van der Waals surface area contributed by atoms with Crippen LogP contribution >= 0.6 is 0 Å². The third-order valence-corrected chi connectivity index (χ3v) is 2.39. The van der Waals surface area contributed by atoms with E-state index in [1.165, 1.54) is 18.3 Å². The molecule has 7 heteroatoms. The van der Waals surface area contributed by atoms with E-state index in [1.54, 1.807) is 12.1 Å². The summed E-state index contributed by atoms with van der Waals surface area (Å²) in [5, 5.41) is 10.6. The number of hydrogen-bond acceptors (Lipinski definition) is 6. The molecule has 0 saturated heterocycles. The minimum Gasteiger partial charge on any atom is -0.381 e. The smallest absolute Gasteiger partial charge is 0.269 e. The average molecular weight is 245 g/mol. The van der Waals surface area contributed by atoms with Gasteiger partial charge < -0.3 is 11.5 Å². The largest absolute Gasteiger partial charge is 0.381 e. The van der Waals surface area contributed by atoms with Crippen molar-refractivity contribution < 1.29 is 4.92 Å². The zero-order chi connectivity index (χ0) is 13.1. The zero-order valence-electron chi connectivity index (χ0n) is 9.41. The average Bonchev–Trinajstić information content (AvgIpc) is 2.34. The third kappa shape index (κ3) is 2.51. The molecule has 0 aliphatic rings. The van der Waals surface area contributed by atoms with Crippen molar-refractivity contribution in [3.63, 3.8) is 0 Å². The summed E-state index contributed by atoms with van der Waals surface area (Å²) in [5.74, 6) is 0.343. The Morgan fingerprint density at radius 2 is 2.06 bits per heavy atom. The number of aromatic nitrogens is 2. The SMILES string of the molecule is Nc1ncc(Cc2cccc([N+](=O)[O-])c2)nc1N. The Labute approximate surface area is 103 Å². The van der Waals surface area contributed by atoms with Gasteiger partial charge in [0, 0.05) is 18.6 Å². The Bertz CT molecular complexity index is 600. The van der Waals surface area contributed by atoms with Crippen LogP contribution in [0.1, 0.15) is 11.3 Å². The molecule has 4 N–H and O–H groups in total. The number of nitro benzene ring substituents is 1. The van der Waals surface area contributed by atoms with E-state index in [0.29, 0.717) is 12.1 Å². The van der Waals surface area contributed by atoms with Crippen LogP contribution in [0.25, 0.3) is 0 Å². The Kier molecular flexibility index (Phi) is 3.05. The highest BCUT2D eigenvalue weighted by Gasteiger charge is 2.07. The van der Waals surface area contributed by atoms with Gasteiger partial charge in [0.15, 0.2) is 11.6 Å². The molecule has 1 heterocycles. The molecule has 0 atom stereocenters. The summed E-state index contributed by atoms with van der Waals surface area (Å²) in [6, 6.07) is 6.34. The number of nitrogens with zero attached hydrogens (tertiary/aromatic N) is 3. The van der Waals surface area contributed by atoms with Crippen LogP contribution in [0.2, 0.25) is 0 Å². The number of nitrogens with two attached hydrogens (primary N) is 2. The van der Waals surface area contributed by atoms with Crippen molar-refractivity contribution in [2.75, 3.05) is 11.5 Å². The number of hydrogen-bond donors (Lipinski definition) is 2. The standard InChI is InChI=1S/C11H11N5O2/c12-10-11(13)15-8(6-14-10)4-7-2-1-3-9(5-7)16(17)18/h1-3,5-6H,4H2,(H2,12,14)(H2,13,15). The number of benzene rings is 1. The van der Waals surface area contributed by atoms with Crippen LogP contribution in [0.4, 0.5) is 17.3 Å². The van der Waals surface area contributed by atoms with Gasteiger partial charge in [-0.1, -0.05) is 12.1 Å². The first kappa shape index (κ1) is 11.8. The fraction of sp³-hybridized carbons (Fsp3) is 0.0909. The molecule has 2 aromatic rings. The predicted octanol–water partition coefficient (Wildman–Crippen LogP) is 1.14. The summed E-state index contributed by atoms with van der Waals surface area (Å²) in [7, 11) is 0. The molecular formula is C11H11N5O2. The van der Waals surface area contributed by atoms with Crippen LogP contribution in [0, 0.1) is 10.1 Å². The summed E-state index contributed by atoms with van der Waals surface area (Å²) in [6.45, 7) is 0. The minimum absolute atomic E-state index is 0.0453. The van der Waals surface area contributed by atoms with Gasteiger partial charge in [0.05, 0.1) is 16.8 Å². The monoisotopic (exact) mass is 245 g/mol. The summed E-state index contributed by atoms with van der Waals surface area (Å²) >= 11 is 0. The second-order valence-electron chi connectivity index (χ2n) is 3.74. The number of anilines is 2. The fourth-order valence-corrected chi connectivity index (χ4v) is 1.53. The molecule has 0 fully saturated rings. The van der Waals surface area contributed by atoms with E-state index in [1.807, 2.05) is 0 Å². The normalized spacial score (nSPS) is 10.2. The van der Waals surface area contributed by atoms with Crippen LogP contribution in [-0.2, 0) is 6.42 Å². The minimum atomic E-state index is -0.438. The Morgan fingerprint density at radius 3 is 2.72 bits per heavy atom. The Balaban J connectivity index is 2.25. The molecule has 0 amide bonds. The van der Waals surface area contributed by atoms with Crippen molar-refractivity contribution in [1.82, 2.24) is 9.97 Å². The van der Waals surface area contributed by atoms with Crippen molar-refractivity contribution >= 4 is 17.3 Å². The van der Waals surface area contributed by atoms with Crippen LogP contribution in [-0.4, -0.2) is 14.9 Å². The lowest BCUT2D eigenvalue weighted by molar-refractivity contribution is -0.384. The zero-order valence-corrected chi connectivity index (χ0v) is 9.41. The van der Waals surface area contributed by atoms with Crippen molar-refractivity contribution in [3.05, 3.63) is 51.8 Å². The summed E-state index contributed by atoms with van der Waals surface area (Å²) in [6.07, 6.45) is 1.92. The van der Waals surface area contributed by atoms with Gasteiger partial charge in [-0.2, -0.15) is 0 Å². The number of nitro groups is 1. The number of non-ortho nitro benzene ring substituents is 1. The molecular weight excluding hydrogens is 234 g/mol. The number of rotatable bonds is 3. The van der Waals surface area contributed by atoms with Gasteiger partial charge in [0.25, 0.3) is 5.69 Å². The van der Waals surface area contributed by atoms with E-state index in [0.717, 1.165) is 5.56 Å². The topological polar surface area (TPSA) is 121 Å². The van der Waals surface area contributed by atoms with Gasteiger partial charge in [-0.15, -0.1) is 0 Å². The molecule has 1 aromatic heterocycles. The molecule has 0 aliphatic carbocycles. The lowest BCUT2D eigenvalue weighted by atomic mass is 10.1. The summed E-state index contributed by atoms with van der Waals surface area (Å²) in [5.41, 5.74) is 12.4. The molecule has 0 aliphatic heterocycles. The summed E-state index contributed by atoms with van der Waals surface area (Å²) < 4.78 is 0. The van der Waals surface area contributed by atoms with Gasteiger partial charge in [-0.3, -0.25) is 10.1 Å². The lowest BCUT2D eigenvalue weighted by Gasteiger charge is -2.03. The predicted molar refractivity (Wildman–Crippen MR) is 66.8 cm³/mol. The molecule has 92 valence electrons. The molecule has 0 saturated carbocycles. The number of nitrogen functional groups attached to an aromatic ring is 2. The maximum Gasteiger partial charge on any atom is 0.269 e. The fourth-order valence-electron chi connectivity index (χ4n) is 1.53. The molecule has 0 unspecified atom stereocenters. The Morgan fingerprint density at radius 1 is 1.28 bits per heavy atom. The van der Waals surface area contributed by atoms with Gasteiger partial charge >= 0.3 is 0 Å². The van der Waals surface area contributed by atoms with E-state index in [9.17, 15) is 10.1 Å². The van der Waals surface area contributed by atoms with Crippen molar-refractivity contribution in [2.24, 2.45) is 0 Å². The highest BCUT2D eigenvalue weighted by Crippen LogP contribution is 2.16. The van der Waals surface area contributed by atoms with Crippen molar-refractivity contribution in [3.8, 4) is 0 Å². The van der Waals surface area contributed by atoms with E-state index in [-0.39, 0.29) is 17.3 Å². The van der Waals surface area contributed by atoms with Crippen molar-refractivity contribution in [2.45, 2.75) is 6.42 Å². The van der Waals surface area contributed by atoms with Gasteiger partial charge in [-0.25, -0.2) is 9.97 Å². The molecule has 7 nitrogen and oxygen atoms in total. The van der Waals surface area contributed by atoms with Crippen LogP contribution in [0.5, 0.6) is 0 Å². The first-order valence-corrected chi connectivity index (χ1v) is 5.16. The van der Waals surface area contributed by atoms with Crippen LogP contribution < -0.4 is 11.5 Å². The summed E-state index contributed by atoms with van der Waals surface area (Å²) in [4.78, 5) is 18.2. The van der Waals surface area contributed by atoms with Crippen molar-refractivity contribution in [1.29, 1.82) is 0 Å². The second-order valence-corrected chi connectivity index (χ2v) is 3.74. The first-order valence-electron chi connectivity index (χ1n) is 5.16. The van der Waals surface area contributed by atoms with Gasteiger partial charge in [-0.05, 0) is 5.56 Å². The molecule has 18 heavy (non-hydrogen) atoms. The lowest BCUT2D eigenvalue weighted by Crippen LogP contribution is -2.04. The maximum absolute atomic E-state index is 10.6. The quantitative estimate of drug-likeness (QED) is 0.617. The van der Waals surface area contributed by atoms with Crippen LogP contribution in [0.15, 0.2) is 30.5 Å². The molecule has 0 bridgehead atoms. The van der Waals surface area contributed by atoms with Crippen LogP contribution in [0.3, 0.4) is 0 Å². The van der Waals surface area contributed by atoms with E-state index < -0.39 is 4.92 Å². The highest BCUT2D eigenvalue weighted by molar-refractivity contribution is 5.51. The Hall–Kier alpha value is -2.70. The molecule has 0 spiro atoms. The van der Waals surface area contributed by atoms with E-state index >= 15 is 0 Å². The molecule has 2 rings (SSSR count). The maximum atomic E-state index is 10.6. The molecule has 0 radical (unpaired) electrons. The van der Waals surface area contributed by atoms with E-state index in [2.05, 4.69) is 9.97 Å². The van der Waals surface area contributed by atoms with Gasteiger partial charge in [0.2, 0.25) is 0 Å². The highest BCUT2D eigenvalue weighted by atomic mass is 16.6. The van der Waals surface area contributed by atoms with Gasteiger partial charge in [0.1, 0.15) is 0 Å². The third-order valence-electron chi connectivity index (χ3n) is 2.39. The second kappa shape index (κ2) is 4.66. The first-order chi connectivity index (χ1) is 8.56. The van der Waals surface area contributed by atoms with E-state index in [4.69, 9.17) is 11.5 Å².